The van der Waals surface area contributed by atoms with E-state index in [0.717, 1.165) is 31.9 Å². The highest BCUT2D eigenvalue weighted by Crippen LogP contribution is 2.17. The number of hydrogen-bond acceptors (Lipinski definition) is 5. The van der Waals surface area contributed by atoms with Crippen LogP contribution in [-0.4, -0.2) is 47.9 Å². The summed E-state index contributed by atoms with van der Waals surface area (Å²) in [5.41, 5.74) is 0.720. The standard InChI is InChI=1S/C13H20N4O2S.ClH/c1-9(2)12(19)16-13-15-10(8-20-13)7-11(18)17-5-3-14-4-6-17;/h8-9,14H,3-7H2,1-2H3,(H,15,16,19);1H. The van der Waals surface area contributed by atoms with Crippen LogP contribution >= 0.6 is 23.7 Å². The summed E-state index contributed by atoms with van der Waals surface area (Å²) in [6, 6.07) is 0. The Labute approximate surface area is 134 Å². The number of rotatable bonds is 4. The summed E-state index contributed by atoms with van der Waals surface area (Å²) in [5, 5.41) is 8.35. The lowest BCUT2D eigenvalue weighted by molar-refractivity contribution is -0.131. The molecule has 1 aliphatic rings. The lowest BCUT2D eigenvalue weighted by Crippen LogP contribution is -2.46. The number of anilines is 1. The van der Waals surface area contributed by atoms with Gasteiger partial charge in [-0.05, 0) is 0 Å². The van der Waals surface area contributed by atoms with E-state index in [1.54, 1.807) is 0 Å². The largest absolute Gasteiger partial charge is 0.340 e. The van der Waals surface area contributed by atoms with E-state index in [2.05, 4.69) is 15.6 Å². The molecule has 0 saturated carbocycles. The maximum Gasteiger partial charge on any atom is 0.228 e. The summed E-state index contributed by atoms with van der Waals surface area (Å²) in [6.07, 6.45) is 0.300. The van der Waals surface area contributed by atoms with Crippen molar-refractivity contribution in [3.8, 4) is 0 Å². The monoisotopic (exact) mass is 332 g/mol. The number of amides is 2. The first-order valence-corrected chi connectivity index (χ1v) is 7.68. The van der Waals surface area contributed by atoms with E-state index in [-0.39, 0.29) is 30.1 Å². The molecule has 118 valence electrons. The molecule has 1 aliphatic heterocycles. The van der Waals surface area contributed by atoms with E-state index >= 15 is 0 Å². The number of nitrogens with zero attached hydrogens (tertiary/aromatic N) is 2. The molecule has 2 heterocycles. The van der Waals surface area contributed by atoms with Crippen molar-refractivity contribution in [1.82, 2.24) is 15.2 Å². The molecule has 0 spiro atoms. The molecule has 6 nitrogen and oxygen atoms in total. The molecule has 2 amide bonds. The molecule has 8 heteroatoms. The van der Waals surface area contributed by atoms with Gasteiger partial charge in [0.25, 0.3) is 0 Å². The second-order valence-electron chi connectivity index (χ2n) is 5.10. The number of carbonyl (C=O) groups excluding carboxylic acids is 2. The SMILES string of the molecule is CC(C)C(=O)Nc1nc(CC(=O)N2CCNCC2)cs1.Cl. The Morgan fingerprint density at radius 3 is 2.71 bits per heavy atom. The van der Waals surface area contributed by atoms with Crippen molar-refractivity contribution >= 4 is 40.7 Å². The molecule has 0 unspecified atom stereocenters. The average molecular weight is 333 g/mol. The molecule has 0 aliphatic carbocycles. The van der Waals surface area contributed by atoms with Gasteiger partial charge in [0, 0.05) is 37.5 Å². The van der Waals surface area contributed by atoms with Gasteiger partial charge in [0.05, 0.1) is 12.1 Å². The van der Waals surface area contributed by atoms with E-state index in [1.807, 2.05) is 24.1 Å². The molecule has 2 rings (SSSR count). The van der Waals surface area contributed by atoms with Gasteiger partial charge in [-0.15, -0.1) is 23.7 Å². The molecule has 1 saturated heterocycles. The normalized spacial score (nSPS) is 14.7. The van der Waals surface area contributed by atoms with Gasteiger partial charge >= 0.3 is 0 Å². The van der Waals surface area contributed by atoms with Crippen LogP contribution < -0.4 is 10.6 Å². The van der Waals surface area contributed by atoms with Gasteiger partial charge in [-0.1, -0.05) is 13.8 Å². The summed E-state index contributed by atoms with van der Waals surface area (Å²) >= 11 is 1.36. The molecule has 0 aromatic carbocycles. The van der Waals surface area contributed by atoms with E-state index in [0.29, 0.717) is 11.6 Å². The van der Waals surface area contributed by atoms with Gasteiger partial charge in [0.15, 0.2) is 5.13 Å². The minimum Gasteiger partial charge on any atom is -0.340 e. The number of aromatic nitrogens is 1. The van der Waals surface area contributed by atoms with Crippen molar-refractivity contribution in [2.75, 3.05) is 31.5 Å². The maximum absolute atomic E-state index is 12.1. The van der Waals surface area contributed by atoms with E-state index in [4.69, 9.17) is 0 Å². The van der Waals surface area contributed by atoms with Crippen LogP contribution in [0.15, 0.2) is 5.38 Å². The van der Waals surface area contributed by atoms with E-state index < -0.39 is 0 Å². The Morgan fingerprint density at radius 1 is 1.43 bits per heavy atom. The van der Waals surface area contributed by atoms with Crippen molar-refractivity contribution < 1.29 is 9.59 Å². The average Bonchev–Trinajstić information content (AvgIpc) is 2.86. The van der Waals surface area contributed by atoms with Crippen LogP contribution in [0.5, 0.6) is 0 Å². The number of nitrogens with one attached hydrogen (secondary N) is 2. The van der Waals surface area contributed by atoms with Crippen LogP contribution in [0, 0.1) is 5.92 Å². The minimum atomic E-state index is -0.0789. The smallest absolute Gasteiger partial charge is 0.228 e. The second kappa shape index (κ2) is 8.31. The first-order valence-electron chi connectivity index (χ1n) is 6.80. The van der Waals surface area contributed by atoms with Crippen molar-refractivity contribution in [1.29, 1.82) is 0 Å². The van der Waals surface area contributed by atoms with Crippen LogP contribution in [0.3, 0.4) is 0 Å². The number of carbonyl (C=O) groups is 2. The molecule has 0 radical (unpaired) electrons. The first kappa shape index (κ1) is 17.9. The third-order valence-electron chi connectivity index (χ3n) is 3.11. The van der Waals surface area contributed by atoms with Gasteiger partial charge in [0.1, 0.15) is 0 Å². The summed E-state index contributed by atoms with van der Waals surface area (Å²) in [7, 11) is 0. The van der Waals surface area contributed by atoms with Crippen molar-refractivity contribution in [3.63, 3.8) is 0 Å². The summed E-state index contributed by atoms with van der Waals surface area (Å²) in [5.74, 6) is -0.0392. The Kier molecular flexibility index (Phi) is 7.07. The van der Waals surface area contributed by atoms with Gasteiger partial charge in [-0.3, -0.25) is 9.59 Å². The summed E-state index contributed by atoms with van der Waals surface area (Å²) in [4.78, 5) is 29.8. The van der Waals surface area contributed by atoms with Crippen LogP contribution in [0.4, 0.5) is 5.13 Å². The third kappa shape index (κ3) is 5.26. The molecule has 1 fully saturated rings. The summed E-state index contributed by atoms with van der Waals surface area (Å²) in [6.45, 7) is 6.85. The van der Waals surface area contributed by atoms with Crippen LogP contribution in [0.2, 0.25) is 0 Å². The molecular weight excluding hydrogens is 312 g/mol. The summed E-state index contributed by atoms with van der Waals surface area (Å²) < 4.78 is 0. The number of thiazole rings is 1. The molecule has 2 N–H and O–H groups in total. The van der Waals surface area contributed by atoms with Crippen molar-refractivity contribution in [2.24, 2.45) is 5.92 Å². The van der Waals surface area contributed by atoms with Gasteiger partial charge in [-0.25, -0.2) is 4.98 Å². The van der Waals surface area contributed by atoms with Crippen LogP contribution in [0.1, 0.15) is 19.5 Å². The van der Waals surface area contributed by atoms with Gasteiger partial charge < -0.3 is 15.5 Å². The Bertz CT molecular complexity index is 486. The molecule has 0 atom stereocenters. The highest BCUT2D eigenvalue weighted by molar-refractivity contribution is 7.13. The Morgan fingerprint density at radius 2 is 2.10 bits per heavy atom. The highest BCUT2D eigenvalue weighted by atomic mass is 35.5. The van der Waals surface area contributed by atoms with E-state index in [9.17, 15) is 9.59 Å². The topological polar surface area (TPSA) is 74.3 Å². The zero-order valence-electron chi connectivity index (χ0n) is 12.2. The van der Waals surface area contributed by atoms with Gasteiger partial charge in [0.2, 0.25) is 11.8 Å². The number of hydrogen-bond donors (Lipinski definition) is 2. The fourth-order valence-electron chi connectivity index (χ4n) is 1.88. The molecule has 1 aromatic heterocycles. The Balaban J connectivity index is 0.00000220. The minimum absolute atomic E-state index is 0. The predicted octanol–water partition coefficient (Wildman–Crippen LogP) is 1.13. The van der Waals surface area contributed by atoms with Crippen molar-refractivity contribution in [3.05, 3.63) is 11.1 Å². The lowest BCUT2D eigenvalue weighted by Gasteiger charge is -2.27. The van der Waals surface area contributed by atoms with Crippen LogP contribution in [-0.2, 0) is 16.0 Å². The number of piperazine rings is 1. The quantitative estimate of drug-likeness (QED) is 0.867. The molecule has 21 heavy (non-hydrogen) atoms. The van der Waals surface area contributed by atoms with Crippen LogP contribution in [0.25, 0.3) is 0 Å². The molecular formula is C13H21ClN4O2S. The molecule has 1 aromatic rings. The Hall–Kier alpha value is -1.18. The highest BCUT2D eigenvalue weighted by Gasteiger charge is 2.18. The fourth-order valence-corrected chi connectivity index (χ4v) is 2.59. The zero-order chi connectivity index (χ0) is 14.5. The molecule has 0 bridgehead atoms. The number of halogens is 1. The fraction of sp³-hybridized carbons (Fsp3) is 0.615. The van der Waals surface area contributed by atoms with Gasteiger partial charge in [-0.2, -0.15) is 0 Å². The van der Waals surface area contributed by atoms with E-state index in [1.165, 1.54) is 11.3 Å². The lowest BCUT2D eigenvalue weighted by atomic mass is 10.2. The first-order chi connectivity index (χ1) is 9.56. The van der Waals surface area contributed by atoms with Crippen molar-refractivity contribution in [2.45, 2.75) is 20.3 Å². The maximum atomic E-state index is 12.1. The predicted molar refractivity (Wildman–Crippen MR) is 86.0 cm³/mol. The zero-order valence-corrected chi connectivity index (χ0v) is 13.9. The second-order valence-corrected chi connectivity index (χ2v) is 5.95. The third-order valence-corrected chi connectivity index (χ3v) is 3.91.